The van der Waals surface area contributed by atoms with Gasteiger partial charge in [-0.2, -0.15) is 0 Å². The van der Waals surface area contributed by atoms with Crippen LogP contribution < -0.4 is 15.0 Å². The second-order valence-corrected chi connectivity index (χ2v) is 7.82. The molecule has 0 radical (unpaired) electrons. The summed E-state index contributed by atoms with van der Waals surface area (Å²) in [5, 5.41) is 4.16. The summed E-state index contributed by atoms with van der Waals surface area (Å²) in [7, 11) is 1.69. The van der Waals surface area contributed by atoms with E-state index in [0.717, 1.165) is 17.1 Å². The van der Waals surface area contributed by atoms with Crippen molar-refractivity contribution in [2.24, 2.45) is 0 Å². The highest BCUT2D eigenvalue weighted by Crippen LogP contribution is 2.45. The molecule has 0 aliphatic carbocycles. The van der Waals surface area contributed by atoms with E-state index in [-0.39, 0.29) is 12.1 Å². The van der Waals surface area contributed by atoms with Gasteiger partial charge in [-0.15, -0.1) is 11.3 Å². The molecule has 0 unspecified atom stereocenters. The summed E-state index contributed by atoms with van der Waals surface area (Å²) in [6.45, 7) is 2.12. The summed E-state index contributed by atoms with van der Waals surface area (Å²) in [6, 6.07) is 18.3. The number of thiophene rings is 1. The number of benzene rings is 1. The number of ether oxygens (including phenoxy) is 1. The lowest BCUT2D eigenvalue weighted by Crippen LogP contribution is -2.29. The number of para-hydroxylation sites is 2. The molecular formula is C20H19N3OS2. The van der Waals surface area contributed by atoms with Crippen LogP contribution in [0.2, 0.25) is 0 Å². The molecule has 4 nitrogen and oxygen atoms in total. The molecule has 0 bridgehead atoms. The first kappa shape index (κ1) is 17.0. The number of aromatic nitrogens is 1. The van der Waals surface area contributed by atoms with E-state index >= 15 is 0 Å². The molecule has 1 aliphatic heterocycles. The van der Waals surface area contributed by atoms with Gasteiger partial charge in [0.15, 0.2) is 5.11 Å². The molecule has 1 aromatic carbocycles. The van der Waals surface area contributed by atoms with Crippen molar-refractivity contribution in [3.63, 3.8) is 0 Å². The number of nitrogens with zero attached hydrogens (tertiary/aromatic N) is 2. The molecule has 0 spiro atoms. The highest BCUT2D eigenvalue weighted by atomic mass is 32.1. The smallest absolute Gasteiger partial charge is 0.174 e. The van der Waals surface area contributed by atoms with Gasteiger partial charge < -0.3 is 15.0 Å². The summed E-state index contributed by atoms with van der Waals surface area (Å²) < 4.78 is 5.60. The summed E-state index contributed by atoms with van der Waals surface area (Å²) in [5.41, 5.74) is 1.94. The van der Waals surface area contributed by atoms with Crippen LogP contribution in [0.25, 0.3) is 0 Å². The van der Waals surface area contributed by atoms with Crippen molar-refractivity contribution in [3.05, 3.63) is 76.2 Å². The first-order valence-electron chi connectivity index (χ1n) is 8.39. The molecule has 1 fully saturated rings. The fourth-order valence-corrected chi connectivity index (χ4v) is 4.69. The number of nitrogens with one attached hydrogen (secondary N) is 1. The summed E-state index contributed by atoms with van der Waals surface area (Å²) >= 11 is 7.51. The summed E-state index contributed by atoms with van der Waals surface area (Å²) in [6.07, 6.45) is 1.82. The van der Waals surface area contributed by atoms with E-state index in [9.17, 15) is 0 Å². The molecule has 6 heteroatoms. The first-order valence-corrected chi connectivity index (χ1v) is 9.61. The van der Waals surface area contributed by atoms with E-state index in [4.69, 9.17) is 17.0 Å². The molecule has 0 amide bonds. The number of hydrogen-bond acceptors (Lipinski definition) is 4. The Balaban J connectivity index is 1.85. The topological polar surface area (TPSA) is 37.4 Å². The predicted octanol–water partition coefficient (Wildman–Crippen LogP) is 4.64. The number of anilines is 1. The molecule has 1 saturated heterocycles. The van der Waals surface area contributed by atoms with Gasteiger partial charge in [-0.3, -0.25) is 4.98 Å². The standard InChI is InChI=1S/C20H19N3OS2/c1-13-10-11-17(26-13)19-18(14-7-5-6-12-21-14)22-20(25)23(19)15-8-3-4-9-16(15)24-2/h3-12,18-19H,1-2H3,(H,22,25)/t18-,19+/m1/s1. The first-order chi connectivity index (χ1) is 12.7. The van der Waals surface area contributed by atoms with Gasteiger partial charge in [0.1, 0.15) is 5.75 Å². The van der Waals surface area contributed by atoms with E-state index < -0.39 is 0 Å². The molecular weight excluding hydrogens is 362 g/mol. The number of rotatable bonds is 4. The van der Waals surface area contributed by atoms with Crippen LogP contribution >= 0.6 is 23.6 Å². The third kappa shape index (κ3) is 2.95. The summed E-state index contributed by atoms with van der Waals surface area (Å²) in [4.78, 5) is 9.25. The Morgan fingerprint density at radius 3 is 2.62 bits per heavy atom. The lowest BCUT2D eigenvalue weighted by Gasteiger charge is -2.28. The van der Waals surface area contributed by atoms with E-state index in [1.54, 1.807) is 18.4 Å². The minimum atomic E-state index is -0.0216. The highest BCUT2D eigenvalue weighted by Gasteiger charge is 2.42. The van der Waals surface area contributed by atoms with E-state index in [0.29, 0.717) is 5.11 Å². The minimum absolute atomic E-state index is 0.0207. The molecule has 26 heavy (non-hydrogen) atoms. The van der Waals surface area contributed by atoms with Crippen LogP contribution in [0, 0.1) is 6.92 Å². The van der Waals surface area contributed by atoms with Gasteiger partial charge in [0, 0.05) is 16.0 Å². The quantitative estimate of drug-likeness (QED) is 0.667. The third-order valence-corrected chi connectivity index (χ3v) is 5.88. The van der Waals surface area contributed by atoms with Crippen molar-refractivity contribution >= 4 is 34.4 Å². The molecule has 2 aromatic heterocycles. The van der Waals surface area contributed by atoms with E-state index in [2.05, 4.69) is 34.3 Å². The van der Waals surface area contributed by atoms with Crippen LogP contribution in [0.4, 0.5) is 5.69 Å². The van der Waals surface area contributed by atoms with Crippen molar-refractivity contribution in [2.75, 3.05) is 12.0 Å². The number of methoxy groups -OCH3 is 1. The van der Waals surface area contributed by atoms with Gasteiger partial charge >= 0.3 is 0 Å². The van der Waals surface area contributed by atoms with Crippen molar-refractivity contribution < 1.29 is 4.74 Å². The Labute approximate surface area is 162 Å². The van der Waals surface area contributed by atoms with Crippen LogP contribution in [0.3, 0.4) is 0 Å². The predicted molar refractivity (Wildman–Crippen MR) is 110 cm³/mol. The Morgan fingerprint density at radius 2 is 1.92 bits per heavy atom. The Hall–Kier alpha value is -2.44. The molecule has 2 atom stereocenters. The average Bonchev–Trinajstić information content (AvgIpc) is 3.25. The summed E-state index contributed by atoms with van der Waals surface area (Å²) in [5.74, 6) is 0.802. The zero-order chi connectivity index (χ0) is 18.1. The molecule has 0 saturated carbocycles. The van der Waals surface area contributed by atoms with Crippen molar-refractivity contribution in [1.29, 1.82) is 0 Å². The number of thiocarbonyl (C=S) groups is 1. The molecule has 1 aliphatic rings. The maximum absolute atomic E-state index is 5.73. The van der Waals surface area contributed by atoms with Crippen molar-refractivity contribution in [3.8, 4) is 5.75 Å². The van der Waals surface area contributed by atoms with Crippen LogP contribution in [0.1, 0.15) is 27.5 Å². The largest absolute Gasteiger partial charge is 0.495 e. The number of aryl methyl sites for hydroxylation is 1. The fourth-order valence-electron chi connectivity index (χ4n) is 3.34. The van der Waals surface area contributed by atoms with Gasteiger partial charge in [-0.1, -0.05) is 18.2 Å². The average molecular weight is 382 g/mol. The number of pyridine rings is 1. The normalized spacial score (nSPS) is 19.5. The lowest BCUT2D eigenvalue weighted by molar-refractivity contribution is 0.414. The van der Waals surface area contributed by atoms with Gasteiger partial charge in [-0.05, 0) is 55.5 Å². The molecule has 3 aromatic rings. The van der Waals surface area contributed by atoms with E-state index in [1.165, 1.54) is 9.75 Å². The zero-order valence-electron chi connectivity index (χ0n) is 14.5. The molecule has 3 heterocycles. The minimum Gasteiger partial charge on any atom is -0.495 e. The van der Waals surface area contributed by atoms with Crippen LogP contribution in [0.15, 0.2) is 60.8 Å². The Bertz CT molecular complexity index is 926. The van der Waals surface area contributed by atoms with Crippen LogP contribution in [0.5, 0.6) is 5.75 Å². The van der Waals surface area contributed by atoms with E-state index in [1.807, 2.05) is 48.7 Å². The third-order valence-electron chi connectivity index (χ3n) is 4.50. The van der Waals surface area contributed by atoms with Crippen LogP contribution in [-0.4, -0.2) is 17.2 Å². The van der Waals surface area contributed by atoms with Gasteiger partial charge in [0.25, 0.3) is 0 Å². The van der Waals surface area contributed by atoms with Gasteiger partial charge in [-0.25, -0.2) is 0 Å². The maximum Gasteiger partial charge on any atom is 0.174 e. The number of hydrogen-bond donors (Lipinski definition) is 1. The van der Waals surface area contributed by atoms with Gasteiger partial charge in [0.2, 0.25) is 0 Å². The second kappa shape index (κ2) is 7.05. The lowest BCUT2D eigenvalue weighted by atomic mass is 10.0. The highest BCUT2D eigenvalue weighted by molar-refractivity contribution is 7.80. The Morgan fingerprint density at radius 1 is 1.12 bits per heavy atom. The Kier molecular flexibility index (Phi) is 4.61. The second-order valence-electron chi connectivity index (χ2n) is 6.12. The van der Waals surface area contributed by atoms with Crippen molar-refractivity contribution in [2.45, 2.75) is 19.0 Å². The molecule has 1 N–H and O–H groups in total. The van der Waals surface area contributed by atoms with Crippen molar-refractivity contribution in [1.82, 2.24) is 10.3 Å². The zero-order valence-corrected chi connectivity index (χ0v) is 16.2. The van der Waals surface area contributed by atoms with Gasteiger partial charge in [0.05, 0.1) is 30.6 Å². The van der Waals surface area contributed by atoms with Crippen LogP contribution in [-0.2, 0) is 0 Å². The fraction of sp³-hybridized carbons (Fsp3) is 0.200. The monoisotopic (exact) mass is 381 g/mol. The SMILES string of the molecule is COc1ccccc1N1C(=S)N[C@H](c2ccccn2)[C@@H]1c1ccc(C)s1. The maximum atomic E-state index is 5.73. The molecule has 132 valence electrons. The molecule has 4 rings (SSSR count).